The second-order valence-electron chi connectivity index (χ2n) is 4.05. The molecule has 2 N–H and O–H groups in total. The van der Waals surface area contributed by atoms with Crippen molar-refractivity contribution in [2.24, 2.45) is 0 Å². The van der Waals surface area contributed by atoms with E-state index in [0.717, 1.165) is 0 Å². The SMILES string of the molecule is O=C(O)c1ccnc2nc(-c3cccc(Br)c3F)[nH]c12. The van der Waals surface area contributed by atoms with Crippen molar-refractivity contribution in [3.63, 3.8) is 0 Å². The van der Waals surface area contributed by atoms with Gasteiger partial charge in [0.15, 0.2) is 5.65 Å². The van der Waals surface area contributed by atoms with Gasteiger partial charge < -0.3 is 10.1 Å². The van der Waals surface area contributed by atoms with E-state index in [1.54, 1.807) is 18.2 Å². The van der Waals surface area contributed by atoms with Crippen molar-refractivity contribution in [1.82, 2.24) is 15.0 Å². The van der Waals surface area contributed by atoms with Crippen molar-refractivity contribution in [3.05, 3.63) is 46.3 Å². The molecular formula is C13H7BrFN3O2. The molecular weight excluding hydrogens is 329 g/mol. The van der Waals surface area contributed by atoms with Crippen LogP contribution in [0.1, 0.15) is 10.4 Å². The highest BCUT2D eigenvalue weighted by molar-refractivity contribution is 9.10. The molecule has 0 fully saturated rings. The molecule has 5 nitrogen and oxygen atoms in total. The first-order chi connectivity index (χ1) is 9.58. The Labute approximate surface area is 120 Å². The zero-order valence-corrected chi connectivity index (χ0v) is 11.5. The average molecular weight is 336 g/mol. The number of benzene rings is 1. The molecule has 0 radical (unpaired) electrons. The fraction of sp³-hybridized carbons (Fsp3) is 0. The molecule has 0 aliphatic carbocycles. The van der Waals surface area contributed by atoms with Crippen LogP contribution in [0.3, 0.4) is 0 Å². The highest BCUT2D eigenvalue weighted by atomic mass is 79.9. The predicted octanol–water partition coefficient (Wildman–Crippen LogP) is 3.22. The van der Waals surface area contributed by atoms with Gasteiger partial charge in [0.1, 0.15) is 11.6 Å². The normalized spacial score (nSPS) is 10.9. The number of aromatic amines is 1. The van der Waals surface area contributed by atoms with Crippen molar-refractivity contribution >= 4 is 33.1 Å². The maximum atomic E-state index is 14.0. The summed E-state index contributed by atoms with van der Waals surface area (Å²) in [5.41, 5.74) is 0.798. The van der Waals surface area contributed by atoms with Crippen molar-refractivity contribution in [2.75, 3.05) is 0 Å². The molecule has 20 heavy (non-hydrogen) atoms. The predicted molar refractivity (Wildman–Crippen MR) is 73.9 cm³/mol. The summed E-state index contributed by atoms with van der Waals surface area (Å²) in [4.78, 5) is 22.1. The number of nitrogens with one attached hydrogen (secondary N) is 1. The Morgan fingerprint density at radius 1 is 1.35 bits per heavy atom. The summed E-state index contributed by atoms with van der Waals surface area (Å²) < 4.78 is 14.3. The van der Waals surface area contributed by atoms with E-state index in [1.165, 1.54) is 12.3 Å². The van der Waals surface area contributed by atoms with Crippen molar-refractivity contribution < 1.29 is 14.3 Å². The molecule has 0 aliphatic heterocycles. The summed E-state index contributed by atoms with van der Waals surface area (Å²) in [6.07, 6.45) is 1.35. The number of rotatable bonds is 2. The molecule has 3 aromatic rings. The first-order valence-electron chi connectivity index (χ1n) is 5.60. The van der Waals surface area contributed by atoms with Crippen LogP contribution in [0.15, 0.2) is 34.9 Å². The summed E-state index contributed by atoms with van der Waals surface area (Å²) in [7, 11) is 0. The third-order valence-corrected chi connectivity index (χ3v) is 3.44. The monoisotopic (exact) mass is 335 g/mol. The number of imidazole rings is 1. The van der Waals surface area contributed by atoms with E-state index in [1.807, 2.05) is 0 Å². The molecule has 7 heteroatoms. The van der Waals surface area contributed by atoms with E-state index in [0.29, 0.717) is 4.47 Å². The molecule has 100 valence electrons. The number of pyridine rings is 1. The van der Waals surface area contributed by atoms with E-state index < -0.39 is 11.8 Å². The zero-order valence-electron chi connectivity index (χ0n) is 9.89. The number of carbonyl (C=O) groups is 1. The lowest BCUT2D eigenvalue weighted by Gasteiger charge is -2.00. The lowest BCUT2D eigenvalue weighted by Crippen LogP contribution is -1.97. The topological polar surface area (TPSA) is 78.9 Å². The van der Waals surface area contributed by atoms with Crippen molar-refractivity contribution in [1.29, 1.82) is 0 Å². The molecule has 2 heterocycles. The number of fused-ring (bicyclic) bond motifs is 1. The Kier molecular flexibility index (Phi) is 2.98. The minimum atomic E-state index is -1.10. The van der Waals surface area contributed by atoms with Crippen LogP contribution < -0.4 is 0 Å². The van der Waals surface area contributed by atoms with Crippen LogP contribution >= 0.6 is 15.9 Å². The first-order valence-corrected chi connectivity index (χ1v) is 6.39. The van der Waals surface area contributed by atoms with Crippen LogP contribution in [0.5, 0.6) is 0 Å². The van der Waals surface area contributed by atoms with Gasteiger partial charge in [0.05, 0.1) is 21.1 Å². The van der Waals surface area contributed by atoms with Gasteiger partial charge >= 0.3 is 5.97 Å². The number of nitrogens with zero attached hydrogens (tertiary/aromatic N) is 2. The van der Waals surface area contributed by atoms with Gasteiger partial charge in [-0.1, -0.05) is 6.07 Å². The Balaban J connectivity index is 2.26. The molecule has 0 unspecified atom stereocenters. The lowest BCUT2D eigenvalue weighted by atomic mass is 10.2. The quantitative estimate of drug-likeness (QED) is 0.753. The van der Waals surface area contributed by atoms with Crippen LogP contribution in [-0.2, 0) is 0 Å². The summed E-state index contributed by atoms with van der Waals surface area (Å²) in [5, 5.41) is 9.10. The van der Waals surface area contributed by atoms with Gasteiger partial charge in [-0.05, 0) is 34.1 Å². The van der Waals surface area contributed by atoms with Gasteiger partial charge in [-0.25, -0.2) is 19.2 Å². The molecule has 1 aromatic carbocycles. The van der Waals surface area contributed by atoms with Gasteiger partial charge in [-0.15, -0.1) is 0 Å². The largest absolute Gasteiger partial charge is 0.478 e. The number of aromatic nitrogens is 3. The number of H-pyrrole nitrogens is 1. The van der Waals surface area contributed by atoms with E-state index in [4.69, 9.17) is 5.11 Å². The molecule has 3 rings (SSSR count). The molecule has 0 atom stereocenters. The Bertz CT molecular complexity index is 832. The van der Waals surface area contributed by atoms with Gasteiger partial charge in [-0.2, -0.15) is 0 Å². The van der Waals surface area contributed by atoms with Crippen molar-refractivity contribution in [2.45, 2.75) is 0 Å². The van der Waals surface area contributed by atoms with Crippen LogP contribution in [0, 0.1) is 5.82 Å². The van der Waals surface area contributed by atoms with E-state index >= 15 is 0 Å². The van der Waals surface area contributed by atoms with Crippen LogP contribution in [0.25, 0.3) is 22.6 Å². The fourth-order valence-corrected chi connectivity index (χ4v) is 2.27. The smallest absolute Gasteiger partial charge is 0.338 e. The summed E-state index contributed by atoms with van der Waals surface area (Å²) >= 11 is 3.10. The second kappa shape index (κ2) is 4.68. The number of hydrogen-bond donors (Lipinski definition) is 2. The highest BCUT2D eigenvalue weighted by Crippen LogP contribution is 2.27. The van der Waals surface area contributed by atoms with E-state index in [9.17, 15) is 9.18 Å². The number of hydrogen-bond acceptors (Lipinski definition) is 3. The first kappa shape index (κ1) is 12.7. The van der Waals surface area contributed by atoms with Crippen LogP contribution in [0.4, 0.5) is 4.39 Å². The van der Waals surface area contributed by atoms with E-state index in [2.05, 4.69) is 30.9 Å². The van der Waals surface area contributed by atoms with Crippen molar-refractivity contribution in [3.8, 4) is 11.4 Å². The number of aromatic carboxylic acids is 1. The molecule has 0 bridgehead atoms. The number of carboxylic acid groups (broad SMARTS) is 1. The standard InChI is InChI=1S/C13H7BrFN3O2/c14-8-3-1-2-6(9(8)15)11-17-10-7(13(19)20)4-5-16-12(10)18-11/h1-5H,(H,19,20)(H,16,17,18). The Morgan fingerprint density at radius 2 is 2.15 bits per heavy atom. The lowest BCUT2D eigenvalue weighted by molar-refractivity contribution is 0.0698. The zero-order chi connectivity index (χ0) is 14.3. The summed E-state index contributed by atoms with van der Waals surface area (Å²) in [5.74, 6) is -1.33. The molecule has 0 amide bonds. The maximum Gasteiger partial charge on any atom is 0.338 e. The van der Waals surface area contributed by atoms with Gasteiger partial charge in [0.2, 0.25) is 0 Å². The van der Waals surface area contributed by atoms with E-state index in [-0.39, 0.29) is 28.1 Å². The molecule has 0 spiro atoms. The minimum Gasteiger partial charge on any atom is -0.478 e. The number of halogens is 2. The Morgan fingerprint density at radius 3 is 2.90 bits per heavy atom. The van der Waals surface area contributed by atoms with Crippen LogP contribution in [-0.4, -0.2) is 26.0 Å². The third kappa shape index (κ3) is 1.96. The highest BCUT2D eigenvalue weighted by Gasteiger charge is 2.16. The molecule has 0 aliphatic rings. The van der Waals surface area contributed by atoms with Crippen LogP contribution in [0.2, 0.25) is 0 Å². The van der Waals surface area contributed by atoms with Gasteiger partial charge in [0.25, 0.3) is 0 Å². The summed E-state index contributed by atoms with van der Waals surface area (Å²) in [6.45, 7) is 0. The molecule has 2 aromatic heterocycles. The minimum absolute atomic E-state index is 0.0455. The van der Waals surface area contributed by atoms with Gasteiger partial charge in [0, 0.05) is 6.20 Å². The molecule has 0 saturated heterocycles. The Hall–Kier alpha value is -2.28. The number of carboxylic acids is 1. The molecule has 0 saturated carbocycles. The summed E-state index contributed by atoms with van der Waals surface area (Å²) in [6, 6.07) is 6.16. The van der Waals surface area contributed by atoms with Gasteiger partial charge in [-0.3, -0.25) is 0 Å². The maximum absolute atomic E-state index is 14.0. The average Bonchev–Trinajstić information content (AvgIpc) is 2.84. The third-order valence-electron chi connectivity index (χ3n) is 2.83. The second-order valence-corrected chi connectivity index (χ2v) is 4.90. The fourth-order valence-electron chi connectivity index (χ4n) is 1.90.